The van der Waals surface area contributed by atoms with E-state index in [0.29, 0.717) is 35.9 Å². The number of carbonyl (C=O) groups is 1. The maximum Gasteiger partial charge on any atom is 0.250 e. The third kappa shape index (κ3) is 4.16. The minimum Gasteiger partial charge on any atom is -0.486 e. The van der Waals surface area contributed by atoms with Crippen molar-refractivity contribution in [1.29, 1.82) is 0 Å². The molecule has 1 aliphatic heterocycles. The van der Waals surface area contributed by atoms with Crippen LogP contribution in [0.3, 0.4) is 0 Å². The van der Waals surface area contributed by atoms with E-state index in [9.17, 15) is 13.6 Å². The first-order valence-electron chi connectivity index (χ1n) is 9.83. The van der Waals surface area contributed by atoms with Crippen LogP contribution in [-0.4, -0.2) is 40.1 Å². The Morgan fingerprint density at radius 3 is 2.68 bits per heavy atom. The molecule has 3 aromatic rings. The number of halogens is 2. The van der Waals surface area contributed by atoms with Crippen LogP contribution in [-0.2, 0) is 6.42 Å². The monoisotopic (exact) mass is 425 g/mol. The molecule has 0 unspecified atom stereocenters. The number of carbonyl (C=O) groups excluding carboxylic acids is 1. The number of benzene rings is 1. The molecule has 0 aliphatic carbocycles. The van der Waals surface area contributed by atoms with Crippen molar-refractivity contribution in [3.05, 3.63) is 65.4 Å². The van der Waals surface area contributed by atoms with Crippen LogP contribution in [0.5, 0.6) is 5.75 Å². The van der Waals surface area contributed by atoms with Gasteiger partial charge in [-0.3, -0.25) is 9.78 Å². The van der Waals surface area contributed by atoms with Crippen molar-refractivity contribution in [3.63, 3.8) is 0 Å². The normalized spacial score (nSPS) is 13.1. The molecule has 2 N–H and O–H groups in total. The van der Waals surface area contributed by atoms with Gasteiger partial charge in [0.05, 0.1) is 30.4 Å². The summed E-state index contributed by atoms with van der Waals surface area (Å²) in [7, 11) is 0. The Labute approximate surface area is 177 Å². The summed E-state index contributed by atoms with van der Waals surface area (Å²) in [6.45, 7) is 4.99. The van der Waals surface area contributed by atoms with Crippen LogP contribution in [0.15, 0.2) is 36.7 Å². The van der Waals surface area contributed by atoms with Gasteiger partial charge in [-0.05, 0) is 38.1 Å². The van der Waals surface area contributed by atoms with Gasteiger partial charge in [0, 0.05) is 23.5 Å². The second-order valence-corrected chi connectivity index (χ2v) is 7.50. The van der Waals surface area contributed by atoms with Crippen LogP contribution in [0.4, 0.5) is 14.5 Å². The summed E-state index contributed by atoms with van der Waals surface area (Å²) in [4.78, 5) is 25.7. The molecule has 0 saturated carbocycles. The fourth-order valence-corrected chi connectivity index (χ4v) is 3.50. The van der Waals surface area contributed by atoms with Crippen LogP contribution >= 0.6 is 0 Å². The molecule has 0 bridgehead atoms. The van der Waals surface area contributed by atoms with Gasteiger partial charge >= 0.3 is 0 Å². The summed E-state index contributed by atoms with van der Waals surface area (Å²) in [6, 6.07) is 6.21. The Kier molecular flexibility index (Phi) is 5.50. The zero-order valence-electron chi connectivity index (χ0n) is 17.1. The fraction of sp³-hybridized carbons (Fsp3) is 0.273. The van der Waals surface area contributed by atoms with Gasteiger partial charge in [0.15, 0.2) is 17.4 Å². The molecule has 7 nitrogen and oxygen atoms in total. The van der Waals surface area contributed by atoms with Crippen molar-refractivity contribution < 1.29 is 18.3 Å². The molecule has 160 valence electrons. The van der Waals surface area contributed by atoms with E-state index in [-0.39, 0.29) is 29.5 Å². The summed E-state index contributed by atoms with van der Waals surface area (Å²) in [5, 5.41) is 0. The van der Waals surface area contributed by atoms with Gasteiger partial charge in [0.2, 0.25) is 5.91 Å². The van der Waals surface area contributed by atoms with Crippen LogP contribution < -0.4 is 15.4 Å². The predicted molar refractivity (Wildman–Crippen MR) is 111 cm³/mol. The first kappa shape index (κ1) is 20.6. The third-order valence-electron chi connectivity index (χ3n) is 5.05. The van der Waals surface area contributed by atoms with Crippen molar-refractivity contribution in [2.24, 2.45) is 5.73 Å². The number of hydrogen-bond acceptors (Lipinski definition) is 6. The number of aromatic nitrogens is 3. The van der Waals surface area contributed by atoms with E-state index in [1.807, 2.05) is 18.7 Å². The highest BCUT2D eigenvalue weighted by Crippen LogP contribution is 2.39. The molecular formula is C22H21F2N5O2. The smallest absolute Gasteiger partial charge is 0.250 e. The van der Waals surface area contributed by atoms with Crippen molar-refractivity contribution in [2.75, 3.05) is 18.1 Å². The summed E-state index contributed by atoms with van der Waals surface area (Å²) in [5.41, 5.74) is 6.94. The molecular weight excluding hydrogens is 404 g/mol. The minimum absolute atomic E-state index is 0.00487. The van der Waals surface area contributed by atoms with Crippen LogP contribution in [0.25, 0.3) is 11.3 Å². The second-order valence-electron chi connectivity index (χ2n) is 7.50. The summed E-state index contributed by atoms with van der Waals surface area (Å²) in [5.74, 6) is -1.33. The van der Waals surface area contributed by atoms with Gasteiger partial charge in [-0.25, -0.2) is 18.7 Å². The lowest BCUT2D eigenvalue weighted by Crippen LogP contribution is -2.38. The molecule has 4 rings (SSSR count). The number of hydrogen-bond donors (Lipinski definition) is 1. The topological polar surface area (TPSA) is 94.2 Å². The van der Waals surface area contributed by atoms with Crippen LogP contribution in [0.2, 0.25) is 0 Å². The molecule has 1 amide bonds. The Morgan fingerprint density at radius 1 is 1.19 bits per heavy atom. The fourth-order valence-electron chi connectivity index (χ4n) is 3.50. The molecule has 0 radical (unpaired) electrons. The lowest BCUT2D eigenvalue weighted by molar-refractivity contribution is 0.1000. The van der Waals surface area contributed by atoms with Gasteiger partial charge in [-0.2, -0.15) is 0 Å². The largest absolute Gasteiger partial charge is 0.486 e. The molecule has 0 spiro atoms. The zero-order valence-corrected chi connectivity index (χ0v) is 17.1. The van der Waals surface area contributed by atoms with E-state index in [1.54, 1.807) is 18.2 Å². The van der Waals surface area contributed by atoms with E-state index in [0.717, 1.165) is 6.20 Å². The Morgan fingerprint density at radius 2 is 2.00 bits per heavy atom. The maximum absolute atomic E-state index is 14.8. The van der Waals surface area contributed by atoms with Crippen LogP contribution in [0, 0.1) is 11.6 Å². The van der Waals surface area contributed by atoms with E-state index >= 15 is 0 Å². The summed E-state index contributed by atoms with van der Waals surface area (Å²) >= 11 is 0. The van der Waals surface area contributed by atoms with Gasteiger partial charge in [0.1, 0.15) is 18.1 Å². The Bertz CT molecular complexity index is 1140. The number of pyridine rings is 1. The van der Waals surface area contributed by atoms with Gasteiger partial charge in [-0.15, -0.1) is 0 Å². The second kappa shape index (κ2) is 8.25. The van der Waals surface area contributed by atoms with Crippen molar-refractivity contribution in [2.45, 2.75) is 26.3 Å². The molecule has 1 aromatic carbocycles. The average Bonchev–Trinajstić information content (AvgIpc) is 2.75. The van der Waals surface area contributed by atoms with Gasteiger partial charge in [-0.1, -0.05) is 0 Å². The molecule has 0 fully saturated rings. The lowest BCUT2D eigenvalue weighted by atomic mass is 10.1. The predicted octanol–water partition coefficient (Wildman–Crippen LogP) is 3.11. The number of amides is 1. The average molecular weight is 425 g/mol. The quantitative estimate of drug-likeness (QED) is 0.675. The number of anilines is 1. The number of ether oxygens (including phenoxy) is 1. The molecule has 0 atom stereocenters. The summed E-state index contributed by atoms with van der Waals surface area (Å²) in [6.07, 6.45) is 2.63. The lowest BCUT2D eigenvalue weighted by Gasteiger charge is -2.34. The number of nitrogens with two attached hydrogens (primary N) is 1. The molecule has 31 heavy (non-hydrogen) atoms. The van der Waals surface area contributed by atoms with Gasteiger partial charge < -0.3 is 15.4 Å². The standard InChI is InChI=1S/C22H21F2N5O2/c1-12(2)29-5-6-31-21-16(23)7-14(8-18(21)29)20-17(24)11-27-19(28-20)9-15-4-3-13(10-26-15)22(25)30/h3-4,7-8,10-12H,5-6,9H2,1-2H3,(H2,25,30). The molecule has 9 heteroatoms. The van der Waals surface area contributed by atoms with E-state index in [4.69, 9.17) is 10.5 Å². The minimum atomic E-state index is -0.659. The number of fused-ring (bicyclic) bond motifs is 1. The number of nitrogens with zero attached hydrogens (tertiary/aromatic N) is 4. The zero-order chi connectivity index (χ0) is 22.1. The third-order valence-corrected chi connectivity index (χ3v) is 5.05. The van der Waals surface area contributed by atoms with E-state index in [1.165, 1.54) is 12.3 Å². The molecule has 0 saturated heterocycles. The molecule has 3 heterocycles. The van der Waals surface area contributed by atoms with Crippen molar-refractivity contribution >= 4 is 11.6 Å². The first-order chi connectivity index (χ1) is 14.8. The maximum atomic E-state index is 14.8. The van der Waals surface area contributed by atoms with Crippen molar-refractivity contribution in [3.8, 4) is 17.0 Å². The first-order valence-corrected chi connectivity index (χ1v) is 9.83. The Hall–Kier alpha value is -3.62. The number of primary amides is 1. The highest BCUT2D eigenvalue weighted by atomic mass is 19.1. The SMILES string of the molecule is CC(C)N1CCOc2c(F)cc(-c3nc(Cc4ccc(C(N)=O)cn4)ncc3F)cc21. The van der Waals surface area contributed by atoms with E-state index < -0.39 is 17.5 Å². The Balaban J connectivity index is 1.69. The molecule has 1 aliphatic rings. The van der Waals surface area contributed by atoms with Crippen molar-refractivity contribution in [1.82, 2.24) is 15.0 Å². The van der Waals surface area contributed by atoms with Gasteiger partial charge in [0.25, 0.3) is 0 Å². The van der Waals surface area contributed by atoms with E-state index in [2.05, 4.69) is 15.0 Å². The highest BCUT2D eigenvalue weighted by Gasteiger charge is 2.25. The number of rotatable bonds is 5. The summed E-state index contributed by atoms with van der Waals surface area (Å²) < 4.78 is 34.9. The van der Waals surface area contributed by atoms with Crippen LogP contribution in [0.1, 0.15) is 35.7 Å². The molecule has 2 aromatic heterocycles. The highest BCUT2D eigenvalue weighted by molar-refractivity contribution is 5.92.